The van der Waals surface area contributed by atoms with Crippen molar-refractivity contribution in [3.63, 3.8) is 0 Å². The van der Waals surface area contributed by atoms with Crippen LogP contribution in [0.15, 0.2) is 108 Å². The lowest BCUT2D eigenvalue weighted by molar-refractivity contribution is 0.0516. The van der Waals surface area contributed by atoms with Gasteiger partial charge in [0.1, 0.15) is 5.75 Å². The highest BCUT2D eigenvalue weighted by Gasteiger charge is 2.55. The van der Waals surface area contributed by atoms with E-state index < -0.39 is 5.60 Å². The Morgan fingerprint density at radius 1 is 0.688 bits per heavy atom. The fourth-order valence-corrected chi connectivity index (χ4v) is 10.9. The van der Waals surface area contributed by atoms with Gasteiger partial charge in [0, 0.05) is 40.7 Å². The van der Waals surface area contributed by atoms with Crippen molar-refractivity contribution in [1.29, 1.82) is 0 Å². The molecule has 1 saturated heterocycles. The zero-order valence-electron chi connectivity index (χ0n) is 28.9. The molecule has 0 aromatic heterocycles. The summed E-state index contributed by atoms with van der Waals surface area (Å²) in [7, 11) is 0. The van der Waals surface area contributed by atoms with Gasteiger partial charge in [0.25, 0.3) is 0 Å². The molecular formula is C45H47NO2. The Morgan fingerprint density at radius 3 is 2.10 bits per heavy atom. The number of hydrogen-bond acceptors (Lipinski definition) is 3. The molecule has 1 spiro atoms. The van der Waals surface area contributed by atoms with Crippen LogP contribution in [-0.4, -0.2) is 31.2 Å². The Morgan fingerprint density at radius 2 is 1.38 bits per heavy atom. The highest BCUT2D eigenvalue weighted by atomic mass is 16.5. The number of morpholine rings is 1. The van der Waals surface area contributed by atoms with Crippen molar-refractivity contribution >= 4 is 16.8 Å². The van der Waals surface area contributed by atoms with E-state index in [9.17, 15) is 0 Å². The largest absolute Gasteiger partial charge is 0.473 e. The van der Waals surface area contributed by atoms with Gasteiger partial charge >= 0.3 is 0 Å². The van der Waals surface area contributed by atoms with Gasteiger partial charge in [-0.2, -0.15) is 0 Å². The van der Waals surface area contributed by atoms with Gasteiger partial charge < -0.3 is 14.4 Å². The van der Waals surface area contributed by atoms with Crippen molar-refractivity contribution in [1.82, 2.24) is 4.90 Å². The third kappa shape index (κ3) is 4.50. The molecule has 0 bridgehead atoms. The van der Waals surface area contributed by atoms with Crippen molar-refractivity contribution < 1.29 is 9.47 Å². The van der Waals surface area contributed by atoms with Gasteiger partial charge in [0.05, 0.1) is 13.2 Å². The Bertz CT molecular complexity index is 2010. The highest BCUT2D eigenvalue weighted by molar-refractivity contribution is 6.08. The van der Waals surface area contributed by atoms with Crippen LogP contribution in [0.4, 0.5) is 0 Å². The van der Waals surface area contributed by atoms with E-state index in [1.807, 2.05) is 0 Å². The smallest absolute Gasteiger partial charge is 0.174 e. The van der Waals surface area contributed by atoms with Gasteiger partial charge in [0.2, 0.25) is 0 Å². The number of rotatable bonds is 3. The molecule has 48 heavy (non-hydrogen) atoms. The molecular weight excluding hydrogens is 587 g/mol. The summed E-state index contributed by atoms with van der Waals surface area (Å²) in [6, 6.07) is 29.2. The van der Waals surface area contributed by atoms with Crippen LogP contribution in [0.2, 0.25) is 0 Å². The van der Waals surface area contributed by atoms with E-state index in [0.717, 1.165) is 57.7 Å². The van der Waals surface area contributed by atoms with E-state index in [4.69, 9.17) is 9.47 Å². The van der Waals surface area contributed by atoms with Gasteiger partial charge in [-0.3, -0.25) is 0 Å². The van der Waals surface area contributed by atoms with Crippen LogP contribution in [0.25, 0.3) is 28.0 Å². The lowest BCUT2D eigenvalue weighted by atomic mass is 9.52. The van der Waals surface area contributed by atoms with E-state index in [-0.39, 0.29) is 16.2 Å². The molecule has 1 unspecified atom stereocenters. The molecule has 0 N–H and O–H groups in total. The molecule has 2 fully saturated rings. The first-order valence-electron chi connectivity index (χ1n) is 18.1. The average Bonchev–Trinajstić information content (AvgIpc) is 3.36. The zero-order chi connectivity index (χ0) is 32.7. The van der Waals surface area contributed by atoms with Crippen LogP contribution < -0.4 is 4.74 Å². The fourth-order valence-electron chi connectivity index (χ4n) is 10.9. The monoisotopic (exact) mass is 633 g/mol. The SMILES string of the molecule is CC1(C)CC(C)(C)CC2(C1)c1ccccc1-c1c2c2c(c3ccccc13)OC(C1=CC=C(N3CCOCC3)CC1)(c1ccccc1)C=C2. The van der Waals surface area contributed by atoms with Crippen LogP contribution in [0.5, 0.6) is 5.75 Å². The van der Waals surface area contributed by atoms with Crippen LogP contribution >= 0.6 is 0 Å². The lowest BCUT2D eigenvalue weighted by Crippen LogP contribution is -2.44. The summed E-state index contributed by atoms with van der Waals surface area (Å²) in [6.45, 7) is 13.5. The van der Waals surface area contributed by atoms with Gasteiger partial charge in [-0.1, -0.05) is 119 Å². The number of allylic oxidation sites excluding steroid dienone is 3. The third-order valence-electron chi connectivity index (χ3n) is 11.9. The summed E-state index contributed by atoms with van der Waals surface area (Å²) in [5, 5.41) is 2.51. The first kappa shape index (κ1) is 30.0. The topological polar surface area (TPSA) is 21.7 Å². The minimum Gasteiger partial charge on any atom is -0.473 e. The van der Waals surface area contributed by atoms with Crippen molar-refractivity contribution in [2.75, 3.05) is 26.3 Å². The molecule has 1 atom stereocenters. The van der Waals surface area contributed by atoms with Gasteiger partial charge in [0.15, 0.2) is 5.60 Å². The van der Waals surface area contributed by atoms with Crippen molar-refractivity contribution in [2.45, 2.75) is 70.8 Å². The van der Waals surface area contributed by atoms with E-state index in [1.54, 1.807) is 0 Å². The number of ether oxygens (including phenoxy) is 2. The predicted octanol–water partition coefficient (Wildman–Crippen LogP) is 10.6. The Hall–Kier alpha value is -4.08. The van der Waals surface area contributed by atoms with Gasteiger partial charge in [-0.05, 0) is 88.3 Å². The van der Waals surface area contributed by atoms with Crippen LogP contribution in [0.3, 0.4) is 0 Å². The van der Waals surface area contributed by atoms with Crippen LogP contribution in [0.1, 0.15) is 82.1 Å². The van der Waals surface area contributed by atoms with Gasteiger partial charge in [-0.25, -0.2) is 0 Å². The second-order valence-electron chi connectivity index (χ2n) is 16.5. The first-order chi connectivity index (χ1) is 23.2. The number of nitrogens with zero attached hydrogens (tertiary/aromatic N) is 1. The average molecular weight is 634 g/mol. The maximum absolute atomic E-state index is 7.68. The molecule has 3 heteroatoms. The minimum atomic E-state index is -0.679. The molecule has 4 aromatic rings. The molecule has 3 nitrogen and oxygen atoms in total. The second kappa shape index (κ2) is 10.7. The quantitative estimate of drug-likeness (QED) is 0.224. The Balaban J connectivity index is 1.28. The van der Waals surface area contributed by atoms with Crippen LogP contribution in [0, 0.1) is 10.8 Å². The van der Waals surface area contributed by atoms with Crippen molar-refractivity contribution in [2.24, 2.45) is 10.8 Å². The zero-order valence-corrected chi connectivity index (χ0v) is 28.9. The summed E-state index contributed by atoms with van der Waals surface area (Å²) < 4.78 is 13.3. The summed E-state index contributed by atoms with van der Waals surface area (Å²) in [5.41, 5.74) is 10.7. The van der Waals surface area contributed by atoms with E-state index >= 15 is 0 Å². The maximum atomic E-state index is 7.68. The normalized spacial score (nSPS) is 24.7. The molecule has 4 aromatic carbocycles. The molecule has 0 amide bonds. The lowest BCUT2D eigenvalue weighted by Gasteiger charge is -2.52. The van der Waals surface area contributed by atoms with E-state index in [1.165, 1.54) is 61.8 Å². The highest BCUT2D eigenvalue weighted by Crippen LogP contribution is 2.66. The van der Waals surface area contributed by atoms with Crippen molar-refractivity contribution in [3.8, 4) is 16.9 Å². The summed E-state index contributed by atoms with van der Waals surface area (Å²) in [4.78, 5) is 2.50. The standard InChI is InChI=1S/C45H47NO2/c1-42(2)28-43(3,4)30-44(29-42)38-17-11-10-16-36(38)39-34-14-8-9-15-35(34)41-37(40(39)44)22-23-45(48-41,31-12-6-5-7-13-31)32-18-20-33(21-19-32)46-24-26-47-27-25-46/h5-18,20,22-23H,19,21,24-30H2,1-4H3. The minimum absolute atomic E-state index is 0.0777. The second-order valence-corrected chi connectivity index (χ2v) is 16.5. The maximum Gasteiger partial charge on any atom is 0.174 e. The summed E-state index contributed by atoms with van der Waals surface area (Å²) in [5.74, 6) is 1.04. The molecule has 5 aliphatic rings. The molecule has 0 radical (unpaired) electrons. The van der Waals surface area contributed by atoms with Crippen molar-refractivity contribution in [3.05, 3.63) is 131 Å². The molecule has 2 aliphatic heterocycles. The first-order valence-corrected chi connectivity index (χ1v) is 18.1. The Kier molecular flexibility index (Phi) is 6.70. The molecule has 3 aliphatic carbocycles. The molecule has 2 heterocycles. The number of benzene rings is 4. The van der Waals surface area contributed by atoms with Crippen LogP contribution in [-0.2, 0) is 15.8 Å². The molecule has 9 rings (SSSR count). The van der Waals surface area contributed by atoms with E-state index in [0.29, 0.717) is 0 Å². The number of hydrogen-bond donors (Lipinski definition) is 0. The van der Waals surface area contributed by atoms with Gasteiger partial charge in [-0.15, -0.1) is 0 Å². The summed E-state index contributed by atoms with van der Waals surface area (Å²) in [6.07, 6.45) is 15.0. The summed E-state index contributed by atoms with van der Waals surface area (Å²) >= 11 is 0. The third-order valence-corrected chi connectivity index (χ3v) is 11.9. The molecule has 244 valence electrons. The Labute approximate surface area is 286 Å². The van der Waals surface area contributed by atoms with E-state index in [2.05, 4.69) is 136 Å². The molecule has 1 saturated carbocycles. The number of fused-ring (bicyclic) bond motifs is 10. The fraction of sp³-hybridized carbons (Fsp3) is 0.378. The predicted molar refractivity (Wildman–Crippen MR) is 197 cm³/mol.